The van der Waals surface area contributed by atoms with Crippen molar-refractivity contribution in [1.82, 2.24) is 24.7 Å². The molecule has 1 saturated heterocycles. The van der Waals surface area contributed by atoms with E-state index in [0.717, 1.165) is 11.1 Å². The SMILES string of the molecule is Cc1ncc2n1C(=O)N(C1CCN(C(=O)[C@H](CS(=O)(=O)c3ccc4cc(Cl)ccc4c3)NC(=O)OC(C)(C)C)CC1)C2. The Kier molecular flexibility index (Phi) is 7.97. The van der Waals surface area contributed by atoms with Gasteiger partial charge in [0, 0.05) is 24.2 Å². The first-order chi connectivity index (χ1) is 19.7. The maximum atomic E-state index is 13.7. The predicted molar refractivity (Wildman–Crippen MR) is 157 cm³/mol. The number of hydrogen-bond donors (Lipinski definition) is 1. The van der Waals surface area contributed by atoms with Gasteiger partial charge in [-0.1, -0.05) is 23.7 Å². The predicted octanol–water partition coefficient (Wildman–Crippen LogP) is 4.14. The molecule has 2 aliphatic heterocycles. The summed E-state index contributed by atoms with van der Waals surface area (Å²) in [6, 6.07) is 8.21. The largest absolute Gasteiger partial charge is 0.444 e. The minimum absolute atomic E-state index is 0.0288. The van der Waals surface area contributed by atoms with Crippen LogP contribution in [0.15, 0.2) is 47.5 Å². The second-order valence-corrected chi connectivity index (χ2v) is 14.2. The van der Waals surface area contributed by atoms with E-state index in [-0.39, 0.29) is 17.0 Å². The Bertz CT molecular complexity index is 1660. The molecular formula is C29H34ClN5O6S. The molecule has 0 aliphatic carbocycles. The van der Waals surface area contributed by atoms with Gasteiger partial charge < -0.3 is 19.9 Å². The third kappa shape index (κ3) is 6.24. The number of alkyl carbamates (subject to hydrolysis) is 1. The summed E-state index contributed by atoms with van der Waals surface area (Å²) in [6.45, 7) is 7.90. The molecule has 5 rings (SSSR count). The third-order valence-corrected chi connectivity index (χ3v) is 9.48. The molecule has 2 aliphatic rings. The Morgan fingerprint density at radius 3 is 2.45 bits per heavy atom. The minimum atomic E-state index is -4.01. The normalized spacial score (nSPS) is 16.9. The van der Waals surface area contributed by atoms with Crippen LogP contribution < -0.4 is 5.32 Å². The van der Waals surface area contributed by atoms with E-state index in [1.165, 1.54) is 12.1 Å². The van der Waals surface area contributed by atoms with E-state index in [9.17, 15) is 22.8 Å². The Balaban J connectivity index is 1.31. The highest BCUT2D eigenvalue weighted by atomic mass is 35.5. The van der Waals surface area contributed by atoms with Crippen LogP contribution in [0.3, 0.4) is 0 Å². The summed E-state index contributed by atoms with van der Waals surface area (Å²) in [6.07, 6.45) is 1.86. The van der Waals surface area contributed by atoms with Crippen LogP contribution >= 0.6 is 11.6 Å². The molecule has 1 fully saturated rings. The molecule has 0 bridgehead atoms. The Morgan fingerprint density at radius 2 is 1.79 bits per heavy atom. The van der Waals surface area contributed by atoms with E-state index in [1.807, 2.05) is 0 Å². The van der Waals surface area contributed by atoms with Crippen molar-refractivity contribution < 1.29 is 27.5 Å². The summed E-state index contributed by atoms with van der Waals surface area (Å²) in [5, 5.41) is 4.49. The zero-order chi connectivity index (χ0) is 30.4. The van der Waals surface area contributed by atoms with Crippen molar-refractivity contribution in [2.75, 3.05) is 18.8 Å². The second-order valence-electron chi connectivity index (χ2n) is 11.7. The molecule has 1 aromatic heterocycles. The number of amides is 3. The van der Waals surface area contributed by atoms with E-state index in [1.54, 1.807) is 72.5 Å². The molecule has 0 spiro atoms. The number of fused-ring (bicyclic) bond motifs is 2. The lowest BCUT2D eigenvalue weighted by atomic mass is 10.0. The summed E-state index contributed by atoms with van der Waals surface area (Å²) in [4.78, 5) is 46.9. The number of aromatic nitrogens is 2. The van der Waals surface area contributed by atoms with Gasteiger partial charge >= 0.3 is 12.1 Å². The highest BCUT2D eigenvalue weighted by molar-refractivity contribution is 7.91. The number of hydrogen-bond acceptors (Lipinski definition) is 7. The van der Waals surface area contributed by atoms with Gasteiger partial charge in [0.05, 0.1) is 29.1 Å². The average Bonchev–Trinajstić information content (AvgIpc) is 3.45. The summed E-state index contributed by atoms with van der Waals surface area (Å²) < 4.78 is 34.0. The van der Waals surface area contributed by atoms with Gasteiger partial charge in [-0.05, 0) is 75.6 Å². The van der Waals surface area contributed by atoms with Crippen LogP contribution in [0.5, 0.6) is 0 Å². The first-order valence-corrected chi connectivity index (χ1v) is 15.8. The fourth-order valence-corrected chi connectivity index (χ4v) is 7.09. The Morgan fingerprint density at radius 1 is 1.12 bits per heavy atom. The first-order valence-electron chi connectivity index (χ1n) is 13.8. The molecule has 1 atom stereocenters. The maximum Gasteiger partial charge on any atom is 0.408 e. The quantitative estimate of drug-likeness (QED) is 0.441. The van der Waals surface area contributed by atoms with E-state index in [4.69, 9.17) is 16.3 Å². The zero-order valence-corrected chi connectivity index (χ0v) is 25.5. The van der Waals surface area contributed by atoms with Crippen LogP contribution in [0.1, 0.15) is 45.1 Å². The molecule has 224 valence electrons. The van der Waals surface area contributed by atoms with Crippen LogP contribution in [-0.4, -0.2) is 82.3 Å². The van der Waals surface area contributed by atoms with E-state index < -0.39 is 39.2 Å². The van der Waals surface area contributed by atoms with Gasteiger partial charge in [-0.15, -0.1) is 0 Å². The van der Waals surface area contributed by atoms with Gasteiger partial charge in [0.15, 0.2) is 9.84 Å². The van der Waals surface area contributed by atoms with Crippen molar-refractivity contribution >= 4 is 50.2 Å². The fraction of sp³-hybridized carbons (Fsp3) is 0.448. The number of rotatable bonds is 6. The van der Waals surface area contributed by atoms with Crippen molar-refractivity contribution in [2.45, 2.75) is 69.7 Å². The number of carbonyl (C=O) groups is 3. The number of benzene rings is 2. The monoisotopic (exact) mass is 615 g/mol. The van der Waals surface area contributed by atoms with Crippen LogP contribution in [0.2, 0.25) is 5.02 Å². The molecule has 2 aromatic carbocycles. The van der Waals surface area contributed by atoms with E-state index in [0.29, 0.717) is 48.7 Å². The molecule has 3 amide bonds. The number of piperidine rings is 1. The fourth-order valence-electron chi connectivity index (χ4n) is 5.47. The van der Waals surface area contributed by atoms with E-state index >= 15 is 0 Å². The lowest BCUT2D eigenvalue weighted by Gasteiger charge is -2.37. The van der Waals surface area contributed by atoms with Gasteiger partial charge in [-0.2, -0.15) is 0 Å². The molecule has 0 radical (unpaired) electrons. The topological polar surface area (TPSA) is 131 Å². The molecule has 3 heterocycles. The van der Waals surface area contributed by atoms with Crippen molar-refractivity contribution in [3.63, 3.8) is 0 Å². The van der Waals surface area contributed by atoms with E-state index in [2.05, 4.69) is 10.3 Å². The Hall–Kier alpha value is -3.64. The van der Waals surface area contributed by atoms with Gasteiger partial charge in [0.2, 0.25) is 5.91 Å². The van der Waals surface area contributed by atoms with Gasteiger partial charge in [0.1, 0.15) is 17.5 Å². The van der Waals surface area contributed by atoms with Crippen LogP contribution in [0.25, 0.3) is 10.8 Å². The average molecular weight is 616 g/mol. The van der Waals surface area contributed by atoms with Gasteiger partial charge in [-0.25, -0.2) is 23.0 Å². The third-order valence-electron chi connectivity index (χ3n) is 7.51. The molecule has 11 nitrogen and oxygen atoms in total. The standard InChI is InChI=1S/C29H34ClN5O6S/c1-18-31-15-23-16-34(28(38)35(18)23)22-9-11-33(12-10-22)26(36)25(32-27(37)41-29(2,3)4)17-42(39,40)24-8-6-19-13-21(30)7-5-20(19)14-24/h5-8,13-15,22,25H,9-12,16-17H2,1-4H3,(H,32,37)/t25-/m0/s1. The van der Waals surface area contributed by atoms with Crippen molar-refractivity contribution in [1.29, 1.82) is 0 Å². The molecule has 13 heteroatoms. The molecule has 1 N–H and O–H groups in total. The highest BCUT2D eigenvalue weighted by Gasteiger charge is 2.39. The smallest absolute Gasteiger partial charge is 0.408 e. The number of nitrogens with one attached hydrogen (secondary N) is 1. The molecule has 42 heavy (non-hydrogen) atoms. The number of ether oxygens (including phenoxy) is 1. The minimum Gasteiger partial charge on any atom is -0.444 e. The molecule has 0 saturated carbocycles. The second kappa shape index (κ2) is 11.2. The summed E-state index contributed by atoms with van der Waals surface area (Å²) in [5.41, 5.74) is -0.0107. The molecule has 3 aromatic rings. The molecular weight excluding hydrogens is 582 g/mol. The van der Waals surface area contributed by atoms with Crippen molar-refractivity contribution in [2.24, 2.45) is 0 Å². The van der Waals surface area contributed by atoms with Crippen molar-refractivity contribution in [3.8, 4) is 0 Å². The summed E-state index contributed by atoms with van der Waals surface area (Å²) >= 11 is 6.06. The number of nitrogens with zero attached hydrogens (tertiary/aromatic N) is 4. The first kappa shape index (κ1) is 29.8. The lowest BCUT2D eigenvalue weighted by Crippen LogP contribution is -2.55. The number of likely N-dealkylation sites (tertiary alicyclic amines) is 1. The number of halogens is 1. The number of carbonyl (C=O) groups excluding carboxylic acids is 3. The zero-order valence-electron chi connectivity index (χ0n) is 24.0. The van der Waals surface area contributed by atoms with Crippen LogP contribution in [0.4, 0.5) is 9.59 Å². The maximum absolute atomic E-state index is 13.7. The van der Waals surface area contributed by atoms with Crippen molar-refractivity contribution in [3.05, 3.63) is 59.1 Å². The highest BCUT2D eigenvalue weighted by Crippen LogP contribution is 2.27. The summed E-state index contributed by atoms with van der Waals surface area (Å²) in [5.74, 6) is -0.525. The van der Waals surface area contributed by atoms with Crippen LogP contribution in [-0.2, 0) is 25.9 Å². The van der Waals surface area contributed by atoms with Gasteiger partial charge in [-0.3, -0.25) is 9.36 Å². The lowest BCUT2D eigenvalue weighted by molar-refractivity contribution is -0.134. The summed E-state index contributed by atoms with van der Waals surface area (Å²) in [7, 11) is -4.01. The number of sulfone groups is 1. The molecule has 0 unspecified atom stereocenters. The number of aryl methyl sites for hydroxylation is 1. The Labute approximate surface area is 249 Å². The number of imidazole rings is 1. The van der Waals surface area contributed by atoms with Crippen LogP contribution in [0, 0.1) is 6.92 Å². The van der Waals surface area contributed by atoms with Gasteiger partial charge in [0.25, 0.3) is 0 Å².